The Labute approximate surface area is 102 Å². The zero-order chi connectivity index (χ0) is 11.8. The lowest BCUT2D eigenvalue weighted by Crippen LogP contribution is -2.24. The topological polar surface area (TPSA) is 32.3 Å². The number of aliphatic hydroxyl groups is 1. The van der Waals surface area contributed by atoms with E-state index in [0.29, 0.717) is 0 Å². The largest absolute Gasteiger partial charge is 0.394 e. The van der Waals surface area contributed by atoms with Gasteiger partial charge < -0.3 is 10.4 Å². The summed E-state index contributed by atoms with van der Waals surface area (Å²) in [5, 5.41) is 12.7. The molecule has 1 rings (SSSR count). The van der Waals surface area contributed by atoms with E-state index in [1.807, 2.05) is 23.9 Å². The van der Waals surface area contributed by atoms with Crippen molar-refractivity contribution >= 4 is 17.4 Å². The Bertz CT molecular complexity index is 304. The Hall–Kier alpha value is -0.670. The number of hydrogen-bond donors (Lipinski definition) is 2. The lowest BCUT2D eigenvalue weighted by atomic mass is 10.1. The number of aryl methyl sites for hydroxylation is 1. The van der Waals surface area contributed by atoms with Crippen LogP contribution in [0.3, 0.4) is 0 Å². The minimum Gasteiger partial charge on any atom is -0.394 e. The summed E-state index contributed by atoms with van der Waals surface area (Å²) in [4.78, 5) is 0. The number of benzene rings is 1. The van der Waals surface area contributed by atoms with Gasteiger partial charge in [0.15, 0.2) is 0 Å². The van der Waals surface area contributed by atoms with Crippen molar-refractivity contribution in [3.05, 3.63) is 29.8 Å². The monoisotopic (exact) mass is 239 g/mol. The van der Waals surface area contributed by atoms with E-state index in [4.69, 9.17) is 0 Å². The SMILES string of the molecule is CSCCCC(CO)Nc1ccccc1C. The molecule has 0 heterocycles. The van der Waals surface area contributed by atoms with Crippen molar-refractivity contribution in [3.8, 4) is 0 Å². The molecular formula is C13H21NOS. The minimum atomic E-state index is 0.174. The summed E-state index contributed by atoms with van der Waals surface area (Å²) in [6.07, 6.45) is 4.28. The fourth-order valence-electron chi connectivity index (χ4n) is 1.64. The summed E-state index contributed by atoms with van der Waals surface area (Å²) < 4.78 is 0. The van der Waals surface area contributed by atoms with Gasteiger partial charge >= 0.3 is 0 Å². The van der Waals surface area contributed by atoms with Gasteiger partial charge in [0.25, 0.3) is 0 Å². The maximum absolute atomic E-state index is 9.31. The van der Waals surface area contributed by atoms with Gasteiger partial charge in [-0.3, -0.25) is 0 Å². The van der Waals surface area contributed by atoms with E-state index in [-0.39, 0.29) is 12.6 Å². The number of hydrogen-bond acceptors (Lipinski definition) is 3. The molecule has 1 atom stereocenters. The fraction of sp³-hybridized carbons (Fsp3) is 0.538. The molecule has 0 spiro atoms. The first-order chi connectivity index (χ1) is 7.77. The molecule has 0 saturated carbocycles. The molecule has 0 aliphatic rings. The van der Waals surface area contributed by atoms with Crippen molar-refractivity contribution in [1.29, 1.82) is 0 Å². The third-order valence-corrected chi connectivity index (χ3v) is 3.32. The Morgan fingerprint density at radius 1 is 1.38 bits per heavy atom. The van der Waals surface area contributed by atoms with Crippen LogP contribution >= 0.6 is 11.8 Å². The summed E-state index contributed by atoms with van der Waals surface area (Å²) >= 11 is 1.85. The van der Waals surface area contributed by atoms with Crippen LogP contribution in [0, 0.1) is 6.92 Å². The molecule has 1 aromatic rings. The van der Waals surface area contributed by atoms with E-state index in [1.165, 1.54) is 5.56 Å². The maximum atomic E-state index is 9.31. The lowest BCUT2D eigenvalue weighted by Gasteiger charge is -2.18. The molecule has 2 N–H and O–H groups in total. The van der Waals surface area contributed by atoms with E-state index in [9.17, 15) is 5.11 Å². The Balaban J connectivity index is 2.46. The molecule has 0 aromatic heterocycles. The first kappa shape index (κ1) is 13.4. The second-order valence-electron chi connectivity index (χ2n) is 3.97. The molecule has 0 fully saturated rings. The molecule has 1 aromatic carbocycles. The molecule has 2 nitrogen and oxygen atoms in total. The van der Waals surface area contributed by atoms with Crippen molar-refractivity contribution < 1.29 is 5.11 Å². The normalized spacial score (nSPS) is 12.4. The predicted molar refractivity (Wildman–Crippen MR) is 73.3 cm³/mol. The molecule has 0 amide bonds. The summed E-state index contributed by atoms with van der Waals surface area (Å²) in [6.45, 7) is 2.28. The van der Waals surface area contributed by atoms with Gasteiger partial charge in [-0.1, -0.05) is 18.2 Å². The molecule has 0 aliphatic carbocycles. The van der Waals surface area contributed by atoms with Gasteiger partial charge in [-0.25, -0.2) is 0 Å². The highest BCUT2D eigenvalue weighted by molar-refractivity contribution is 7.98. The molecule has 1 unspecified atom stereocenters. The first-order valence-corrected chi connectivity index (χ1v) is 7.09. The highest BCUT2D eigenvalue weighted by atomic mass is 32.2. The van der Waals surface area contributed by atoms with Crippen LogP contribution in [0.2, 0.25) is 0 Å². The van der Waals surface area contributed by atoms with Crippen LogP contribution in [0.1, 0.15) is 18.4 Å². The van der Waals surface area contributed by atoms with Gasteiger partial charge in [0.1, 0.15) is 0 Å². The fourth-order valence-corrected chi connectivity index (χ4v) is 2.09. The molecule has 0 radical (unpaired) electrons. The van der Waals surface area contributed by atoms with Crippen LogP contribution in [-0.2, 0) is 0 Å². The van der Waals surface area contributed by atoms with Crippen LogP contribution in [0.25, 0.3) is 0 Å². The van der Waals surface area contributed by atoms with Crippen LogP contribution in [0.5, 0.6) is 0 Å². The predicted octanol–water partition coefficient (Wildman–Crippen LogP) is 2.91. The van der Waals surface area contributed by atoms with Crippen LogP contribution in [0.4, 0.5) is 5.69 Å². The second-order valence-corrected chi connectivity index (χ2v) is 4.96. The van der Waals surface area contributed by atoms with E-state index >= 15 is 0 Å². The lowest BCUT2D eigenvalue weighted by molar-refractivity contribution is 0.268. The Kier molecular flexibility index (Phi) is 6.34. The molecular weight excluding hydrogens is 218 g/mol. The van der Waals surface area contributed by atoms with Gasteiger partial charge in [-0.2, -0.15) is 11.8 Å². The first-order valence-electron chi connectivity index (χ1n) is 5.70. The van der Waals surface area contributed by atoms with Crippen molar-refractivity contribution in [2.24, 2.45) is 0 Å². The zero-order valence-electron chi connectivity index (χ0n) is 10.1. The van der Waals surface area contributed by atoms with Gasteiger partial charge in [0, 0.05) is 11.7 Å². The summed E-state index contributed by atoms with van der Waals surface area (Å²) in [7, 11) is 0. The third kappa shape index (κ3) is 4.45. The molecule has 3 heteroatoms. The summed E-state index contributed by atoms with van der Waals surface area (Å²) in [5.74, 6) is 1.16. The summed E-state index contributed by atoms with van der Waals surface area (Å²) in [6, 6.07) is 8.37. The standard InChI is InChI=1S/C13H21NOS/c1-11-6-3-4-8-13(11)14-12(10-15)7-5-9-16-2/h3-4,6,8,12,14-15H,5,7,9-10H2,1-2H3. The minimum absolute atomic E-state index is 0.174. The van der Waals surface area contributed by atoms with Gasteiger partial charge in [0.05, 0.1) is 6.61 Å². The van der Waals surface area contributed by atoms with Crippen molar-refractivity contribution in [2.45, 2.75) is 25.8 Å². The molecule has 90 valence electrons. The van der Waals surface area contributed by atoms with Crippen LogP contribution in [0.15, 0.2) is 24.3 Å². The average molecular weight is 239 g/mol. The number of thioether (sulfide) groups is 1. The molecule has 0 bridgehead atoms. The van der Waals surface area contributed by atoms with E-state index in [0.717, 1.165) is 24.3 Å². The van der Waals surface area contributed by atoms with Crippen LogP contribution < -0.4 is 5.32 Å². The quantitative estimate of drug-likeness (QED) is 0.718. The van der Waals surface area contributed by atoms with Gasteiger partial charge in [-0.05, 0) is 43.4 Å². The van der Waals surface area contributed by atoms with Crippen LogP contribution in [-0.4, -0.2) is 29.8 Å². The number of para-hydroxylation sites is 1. The molecule has 0 saturated heterocycles. The average Bonchev–Trinajstić information content (AvgIpc) is 2.30. The number of aliphatic hydroxyl groups excluding tert-OH is 1. The number of rotatable bonds is 7. The highest BCUT2D eigenvalue weighted by Gasteiger charge is 2.07. The smallest absolute Gasteiger partial charge is 0.0632 e. The third-order valence-electron chi connectivity index (χ3n) is 2.63. The van der Waals surface area contributed by atoms with Crippen molar-refractivity contribution in [1.82, 2.24) is 0 Å². The van der Waals surface area contributed by atoms with Crippen molar-refractivity contribution in [3.63, 3.8) is 0 Å². The maximum Gasteiger partial charge on any atom is 0.0632 e. The molecule has 0 aliphatic heterocycles. The zero-order valence-corrected chi connectivity index (χ0v) is 10.9. The summed E-state index contributed by atoms with van der Waals surface area (Å²) in [5.41, 5.74) is 2.36. The second kappa shape index (κ2) is 7.58. The van der Waals surface area contributed by atoms with Gasteiger partial charge in [0.2, 0.25) is 0 Å². The Morgan fingerprint density at radius 3 is 2.75 bits per heavy atom. The van der Waals surface area contributed by atoms with E-state index in [1.54, 1.807) is 0 Å². The van der Waals surface area contributed by atoms with Gasteiger partial charge in [-0.15, -0.1) is 0 Å². The highest BCUT2D eigenvalue weighted by Crippen LogP contribution is 2.16. The van der Waals surface area contributed by atoms with Crippen molar-refractivity contribution in [2.75, 3.05) is 23.9 Å². The van der Waals surface area contributed by atoms with E-state index in [2.05, 4.69) is 30.6 Å². The number of anilines is 1. The Morgan fingerprint density at radius 2 is 2.12 bits per heavy atom. The molecule has 16 heavy (non-hydrogen) atoms. The van der Waals surface area contributed by atoms with E-state index < -0.39 is 0 Å². The number of nitrogens with one attached hydrogen (secondary N) is 1.